The topological polar surface area (TPSA) is 78.9 Å². The maximum atomic E-state index is 14.5. The number of carbonyl (C=O) groups is 2. The van der Waals surface area contributed by atoms with Gasteiger partial charge in [-0.25, -0.2) is 14.8 Å². The van der Waals surface area contributed by atoms with Crippen LogP contribution in [0.4, 0.5) is 19.4 Å². The largest absolute Gasteiger partial charge is 0.444 e. The fourth-order valence-corrected chi connectivity index (χ4v) is 5.49. The summed E-state index contributed by atoms with van der Waals surface area (Å²) >= 11 is 6.12. The lowest BCUT2D eigenvalue weighted by molar-refractivity contribution is -0.133. The molecule has 1 fully saturated rings. The minimum atomic E-state index is -2.97. The highest BCUT2D eigenvalue weighted by Crippen LogP contribution is 2.49. The maximum absolute atomic E-state index is 14.5. The van der Waals surface area contributed by atoms with Crippen molar-refractivity contribution < 1.29 is 23.1 Å². The van der Waals surface area contributed by atoms with Gasteiger partial charge < -0.3 is 19.4 Å². The molecule has 0 N–H and O–H groups in total. The molecule has 2 aromatic rings. The summed E-state index contributed by atoms with van der Waals surface area (Å²) in [6, 6.07) is 6.87. The van der Waals surface area contributed by atoms with Gasteiger partial charge in [0, 0.05) is 55.8 Å². The highest BCUT2D eigenvalue weighted by atomic mass is 35.5. The number of nitrogens with zero attached hydrogens (tertiary/aromatic N) is 5. The Labute approximate surface area is 239 Å². The van der Waals surface area contributed by atoms with Gasteiger partial charge in [0.2, 0.25) is 5.91 Å². The molecule has 1 aliphatic carbocycles. The van der Waals surface area contributed by atoms with Crippen LogP contribution in [0.15, 0.2) is 30.6 Å². The van der Waals surface area contributed by atoms with E-state index in [0.717, 1.165) is 5.56 Å². The SMILES string of the molecule is CC(C)N(C[C@@H](C(=O)N1CCN(c2ncnc3c2[C@H](C)CC3(F)F)CC1)c1ccc(Cl)cc1)C(=O)OC(C)(C)C. The van der Waals surface area contributed by atoms with Crippen LogP contribution in [0, 0.1) is 0 Å². The van der Waals surface area contributed by atoms with Crippen molar-refractivity contribution in [3.8, 4) is 0 Å². The van der Waals surface area contributed by atoms with E-state index < -0.39 is 23.5 Å². The third-order valence-corrected chi connectivity index (χ3v) is 7.61. The van der Waals surface area contributed by atoms with E-state index in [1.165, 1.54) is 6.33 Å². The van der Waals surface area contributed by atoms with Gasteiger partial charge in [-0.2, -0.15) is 8.78 Å². The van der Waals surface area contributed by atoms with E-state index in [9.17, 15) is 18.4 Å². The summed E-state index contributed by atoms with van der Waals surface area (Å²) in [6.45, 7) is 12.8. The van der Waals surface area contributed by atoms with E-state index in [0.29, 0.717) is 42.6 Å². The average molecular weight is 578 g/mol. The van der Waals surface area contributed by atoms with Crippen LogP contribution >= 0.6 is 11.6 Å². The lowest BCUT2D eigenvalue weighted by Crippen LogP contribution is -2.52. The number of piperazine rings is 1. The molecule has 0 saturated carbocycles. The Bertz CT molecular complexity index is 1230. The van der Waals surface area contributed by atoms with E-state index in [1.807, 2.05) is 18.7 Å². The third kappa shape index (κ3) is 6.48. The number of ether oxygens (including phenoxy) is 1. The summed E-state index contributed by atoms with van der Waals surface area (Å²) in [7, 11) is 0. The summed E-state index contributed by atoms with van der Waals surface area (Å²) in [5.74, 6) is -3.56. The number of hydrogen-bond acceptors (Lipinski definition) is 6. The Morgan fingerprint density at radius 2 is 1.75 bits per heavy atom. The number of alkyl halides is 2. The molecule has 1 aromatic carbocycles. The first kappa shape index (κ1) is 30.0. The van der Waals surface area contributed by atoms with E-state index in [1.54, 1.807) is 61.8 Å². The second kappa shape index (κ2) is 11.5. The number of anilines is 1. The molecule has 1 aromatic heterocycles. The Kier molecular flexibility index (Phi) is 8.59. The lowest BCUT2D eigenvalue weighted by atomic mass is 9.96. The van der Waals surface area contributed by atoms with Crippen molar-refractivity contribution in [3.63, 3.8) is 0 Å². The predicted octanol–water partition coefficient (Wildman–Crippen LogP) is 5.81. The van der Waals surface area contributed by atoms with Gasteiger partial charge in [0.15, 0.2) is 0 Å². The van der Waals surface area contributed by atoms with Crippen LogP contribution in [0.1, 0.15) is 76.6 Å². The molecule has 2 heterocycles. The first-order valence-electron chi connectivity index (χ1n) is 13.7. The molecule has 1 saturated heterocycles. The third-order valence-electron chi connectivity index (χ3n) is 7.36. The second-order valence-electron chi connectivity index (χ2n) is 11.9. The van der Waals surface area contributed by atoms with Crippen molar-refractivity contribution in [2.45, 2.75) is 77.4 Å². The predicted molar refractivity (Wildman–Crippen MR) is 150 cm³/mol. The smallest absolute Gasteiger partial charge is 0.410 e. The number of benzene rings is 1. The monoisotopic (exact) mass is 577 g/mol. The van der Waals surface area contributed by atoms with Crippen LogP contribution in [0.2, 0.25) is 5.02 Å². The van der Waals surface area contributed by atoms with Crippen LogP contribution in [0.3, 0.4) is 0 Å². The van der Waals surface area contributed by atoms with Gasteiger partial charge in [-0.05, 0) is 58.2 Å². The van der Waals surface area contributed by atoms with Crippen LogP contribution in [-0.4, -0.2) is 76.1 Å². The standard InChI is InChI=1S/C29H38ClF2N5O3/c1-18(2)37(27(39)40-28(4,5)6)16-22(20-7-9-21(30)10-8-20)26(38)36-13-11-35(12-14-36)25-23-19(3)15-29(31,32)24(23)33-17-34-25/h7-10,17-19,22H,11-16H2,1-6H3/t19-,22-/m1/s1. The molecule has 11 heteroatoms. The van der Waals surface area contributed by atoms with E-state index in [2.05, 4.69) is 9.97 Å². The summed E-state index contributed by atoms with van der Waals surface area (Å²) < 4.78 is 34.6. The first-order chi connectivity index (χ1) is 18.7. The zero-order valence-electron chi connectivity index (χ0n) is 24.0. The first-order valence-corrected chi connectivity index (χ1v) is 14.1. The van der Waals surface area contributed by atoms with Crippen LogP contribution in [0.25, 0.3) is 0 Å². The zero-order valence-corrected chi connectivity index (χ0v) is 24.7. The molecule has 2 amide bonds. The minimum absolute atomic E-state index is 0.121. The summed E-state index contributed by atoms with van der Waals surface area (Å²) in [5, 5.41) is 0.550. The average Bonchev–Trinajstić information content (AvgIpc) is 3.12. The van der Waals surface area contributed by atoms with Gasteiger partial charge >= 0.3 is 6.09 Å². The molecule has 218 valence electrons. The molecule has 2 atom stereocenters. The number of halogens is 3. The number of hydrogen-bond donors (Lipinski definition) is 0. The van der Waals surface area contributed by atoms with Crippen molar-refractivity contribution in [1.29, 1.82) is 0 Å². The van der Waals surface area contributed by atoms with E-state index in [4.69, 9.17) is 16.3 Å². The molecule has 0 bridgehead atoms. The molecular weight excluding hydrogens is 540 g/mol. The van der Waals surface area contributed by atoms with Crippen LogP contribution < -0.4 is 4.90 Å². The summed E-state index contributed by atoms with van der Waals surface area (Å²) in [6.07, 6.45) is 0.438. The molecule has 0 radical (unpaired) electrons. The van der Waals surface area contributed by atoms with Gasteiger partial charge in [-0.1, -0.05) is 30.7 Å². The van der Waals surface area contributed by atoms with Crippen molar-refractivity contribution in [2.75, 3.05) is 37.6 Å². The number of carbonyl (C=O) groups excluding carboxylic acids is 2. The molecule has 1 aliphatic heterocycles. The van der Waals surface area contributed by atoms with Crippen molar-refractivity contribution in [1.82, 2.24) is 19.8 Å². The number of fused-ring (bicyclic) bond motifs is 1. The Balaban J connectivity index is 1.54. The fraction of sp³-hybridized carbons (Fsp3) is 0.586. The fourth-order valence-electron chi connectivity index (χ4n) is 5.36. The zero-order chi connectivity index (χ0) is 29.4. The Hall–Kier alpha value is -3.01. The normalized spacial score (nSPS) is 19.4. The summed E-state index contributed by atoms with van der Waals surface area (Å²) in [4.78, 5) is 40.6. The molecule has 0 unspecified atom stereocenters. The van der Waals surface area contributed by atoms with Crippen molar-refractivity contribution in [3.05, 3.63) is 52.4 Å². The van der Waals surface area contributed by atoms with Gasteiger partial charge in [-0.3, -0.25) is 4.79 Å². The number of aromatic nitrogens is 2. The van der Waals surface area contributed by atoms with Gasteiger partial charge in [0.1, 0.15) is 23.4 Å². The molecular formula is C29H38ClF2N5O3. The van der Waals surface area contributed by atoms with Crippen LogP contribution in [0.5, 0.6) is 0 Å². The summed E-state index contributed by atoms with van der Waals surface area (Å²) in [5.41, 5.74) is 0.373. The lowest BCUT2D eigenvalue weighted by Gasteiger charge is -2.39. The highest BCUT2D eigenvalue weighted by Gasteiger charge is 2.47. The van der Waals surface area contributed by atoms with Crippen molar-refractivity contribution in [2.24, 2.45) is 0 Å². The maximum Gasteiger partial charge on any atom is 0.410 e. The molecule has 8 nitrogen and oxygen atoms in total. The highest BCUT2D eigenvalue weighted by molar-refractivity contribution is 6.30. The second-order valence-corrected chi connectivity index (χ2v) is 12.3. The minimum Gasteiger partial charge on any atom is -0.444 e. The van der Waals surface area contributed by atoms with Crippen molar-refractivity contribution >= 4 is 29.4 Å². The molecule has 40 heavy (non-hydrogen) atoms. The van der Waals surface area contributed by atoms with Gasteiger partial charge in [0.25, 0.3) is 5.92 Å². The molecule has 2 aliphatic rings. The Morgan fingerprint density at radius 1 is 1.12 bits per heavy atom. The number of amides is 2. The number of rotatable bonds is 6. The van der Waals surface area contributed by atoms with Gasteiger partial charge in [0.05, 0.1) is 5.92 Å². The van der Waals surface area contributed by atoms with Crippen LogP contribution in [-0.2, 0) is 15.5 Å². The molecule has 4 rings (SSSR count). The quantitative estimate of drug-likeness (QED) is 0.431. The molecule has 0 spiro atoms. The van der Waals surface area contributed by atoms with E-state index >= 15 is 0 Å². The van der Waals surface area contributed by atoms with Gasteiger partial charge in [-0.15, -0.1) is 0 Å². The van der Waals surface area contributed by atoms with E-state index in [-0.39, 0.29) is 36.5 Å². The Morgan fingerprint density at radius 3 is 2.33 bits per heavy atom.